The fourth-order valence-electron chi connectivity index (χ4n) is 3.80. The van der Waals surface area contributed by atoms with Gasteiger partial charge in [0, 0.05) is 57.6 Å². The van der Waals surface area contributed by atoms with E-state index in [1.54, 1.807) is 6.07 Å². The molecule has 8 nitrogen and oxygen atoms in total. The van der Waals surface area contributed by atoms with Crippen LogP contribution in [0.15, 0.2) is 35.5 Å². The monoisotopic (exact) mass is 419 g/mol. The van der Waals surface area contributed by atoms with Gasteiger partial charge >= 0.3 is 0 Å². The Morgan fingerprint density at radius 1 is 1.07 bits per heavy atom. The highest BCUT2D eigenvalue weighted by Crippen LogP contribution is 2.27. The quantitative estimate of drug-likeness (QED) is 0.746. The minimum Gasteiger partial charge on any atom is -0.379 e. The van der Waals surface area contributed by atoms with Gasteiger partial charge in [0.15, 0.2) is 0 Å². The molecular weight excluding hydrogens is 390 g/mol. The minimum atomic E-state index is -3.53. The van der Waals surface area contributed by atoms with Gasteiger partial charge in [-0.25, -0.2) is 8.42 Å². The molecule has 1 aromatic heterocycles. The maximum Gasteiger partial charge on any atom is 0.243 e. The third-order valence-corrected chi connectivity index (χ3v) is 7.64. The largest absolute Gasteiger partial charge is 0.379 e. The Morgan fingerprint density at radius 2 is 1.83 bits per heavy atom. The molecule has 0 unspecified atom stereocenters. The first-order valence-corrected chi connectivity index (χ1v) is 11.6. The number of benzene rings is 1. The molecular formula is C20H29N5O3S. The van der Waals surface area contributed by atoms with E-state index >= 15 is 0 Å². The van der Waals surface area contributed by atoms with Crippen LogP contribution in [-0.4, -0.2) is 86.4 Å². The molecule has 9 heteroatoms. The summed E-state index contributed by atoms with van der Waals surface area (Å²) in [6, 6.07) is 5.61. The lowest BCUT2D eigenvalue weighted by atomic mass is 10.1. The van der Waals surface area contributed by atoms with Gasteiger partial charge in [0.05, 0.1) is 30.9 Å². The van der Waals surface area contributed by atoms with Gasteiger partial charge in [-0.2, -0.15) is 9.40 Å². The van der Waals surface area contributed by atoms with Crippen molar-refractivity contribution in [2.45, 2.75) is 18.4 Å². The Labute approximate surface area is 172 Å². The number of piperazine rings is 1. The van der Waals surface area contributed by atoms with Crippen molar-refractivity contribution in [2.75, 3.05) is 59.0 Å². The zero-order valence-electron chi connectivity index (χ0n) is 16.9. The molecule has 1 aromatic carbocycles. The number of sulfonamides is 1. The number of morpholine rings is 1. The van der Waals surface area contributed by atoms with E-state index in [0.717, 1.165) is 56.0 Å². The highest BCUT2D eigenvalue weighted by atomic mass is 32.2. The molecule has 0 amide bonds. The van der Waals surface area contributed by atoms with E-state index < -0.39 is 10.0 Å². The molecule has 4 rings (SSSR count). The Hall–Kier alpha value is -1.78. The van der Waals surface area contributed by atoms with Crippen LogP contribution < -0.4 is 5.32 Å². The average Bonchev–Trinajstić information content (AvgIpc) is 3.23. The van der Waals surface area contributed by atoms with Crippen molar-refractivity contribution in [2.24, 2.45) is 0 Å². The van der Waals surface area contributed by atoms with E-state index in [2.05, 4.69) is 15.3 Å². The molecule has 2 saturated heterocycles. The third-order valence-electron chi connectivity index (χ3n) is 5.60. The van der Waals surface area contributed by atoms with Crippen molar-refractivity contribution in [3.05, 3.63) is 36.2 Å². The number of ether oxygens (including phenoxy) is 1. The lowest BCUT2D eigenvalue weighted by molar-refractivity contribution is 0.0730. The number of rotatable bonds is 6. The van der Waals surface area contributed by atoms with Gasteiger partial charge in [-0.05, 0) is 24.1 Å². The Bertz CT molecular complexity index is 931. The summed E-state index contributed by atoms with van der Waals surface area (Å²) >= 11 is 0. The normalized spacial score (nSPS) is 19.5. The zero-order chi connectivity index (χ0) is 20.3. The summed E-state index contributed by atoms with van der Waals surface area (Å²) in [6.07, 6.45) is 3.81. The molecule has 2 aliphatic rings. The number of aromatic nitrogens is 2. The molecule has 0 atom stereocenters. The maximum atomic E-state index is 13.1. The minimum absolute atomic E-state index is 0.366. The van der Waals surface area contributed by atoms with Crippen molar-refractivity contribution in [1.82, 2.24) is 24.3 Å². The second-order valence-electron chi connectivity index (χ2n) is 7.58. The summed E-state index contributed by atoms with van der Waals surface area (Å²) in [6.45, 7) is 9.51. The molecule has 2 fully saturated rings. The number of hydrogen-bond donors (Lipinski definition) is 1. The van der Waals surface area contributed by atoms with Crippen LogP contribution in [0.2, 0.25) is 0 Å². The van der Waals surface area contributed by atoms with Crippen molar-refractivity contribution in [1.29, 1.82) is 0 Å². The van der Waals surface area contributed by atoms with Gasteiger partial charge in [-0.15, -0.1) is 0 Å². The van der Waals surface area contributed by atoms with Crippen LogP contribution in [0.4, 0.5) is 0 Å². The number of nitrogens with one attached hydrogen (secondary N) is 1. The molecule has 0 aliphatic carbocycles. The fourth-order valence-corrected chi connectivity index (χ4v) is 5.46. The van der Waals surface area contributed by atoms with E-state index in [4.69, 9.17) is 4.74 Å². The highest BCUT2D eigenvalue weighted by Gasteiger charge is 2.28. The number of aryl methyl sites for hydroxylation is 1. The van der Waals surface area contributed by atoms with Crippen LogP contribution in [0.25, 0.3) is 11.1 Å². The summed E-state index contributed by atoms with van der Waals surface area (Å²) < 4.78 is 35.0. The standard InChI is InChI=1S/C20H29N5O3S/c1-17-2-3-18(14-20(17)29(26,27)25-10-12-28-13-11-25)19-15-22-24(16-19)9-8-23-6-4-21-5-7-23/h2-3,14-16,21H,4-13H2,1H3. The Morgan fingerprint density at radius 3 is 2.59 bits per heavy atom. The van der Waals surface area contributed by atoms with Crippen molar-refractivity contribution >= 4 is 10.0 Å². The molecule has 29 heavy (non-hydrogen) atoms. The fraction of sp³-hybridized carbons (Fsp3) is 0.550. The summed E-state index contributed by atoms with van der Waals surface area (Å²) in [5.74, 6) is 0. The molecule has 3 heterocycles. The maximum absolute atomic E-state index is 13.1. The predicted octanol–water partition coefficient (Wildman–Crippen LogP) is 0.785. The molecule has 1 N–H and O–H groups in total. The van der Waals surface area contributed by atoms with Crippen LogP contribution in [0.3, 0.4) is 0 Å². The number of nitrogens with zero attached hydrogens (tertiary/aromatic N) is 4. The second kappa shape index (κ2) is 8.93. The van der Waals surface area contributed by atoms with Crippen molar-refractivity contribution in [3.8, 4) is 11.1 Å². The van der Waals surface area contributed by atoms with Crippen LogP contribution >= 0.6 is 0 Å². The first-order chi connectivity index (χ1) is 14.0. The topological polar surface area (TPSA) is 79.7 Å². The van der Waals surface area contributed by atoms with Crippen LogP contribution in [0.5, 0.6) is 0 Å². The van der Waals surface area contributed by atoms with Gasteiger partial charge < -0.3 is 10.1 Å². The number of hydrogen-bond acceptors (Lipinski definition) is 6. The molecule has 2 aliphatic heterocycles. The Balaban J connectivity index is 1.50. The van der Waals surface area contributed by atoms with Crippen molar-refractivity contribution < 1.29 is 13.2 Å². The van der Waals surface area contributed by atoms with Gasteiger partial charge in [-0.3, -0.25) is 9.58 Å². The molecule has 158 valence electrons. The van der Waals surface area contributed by atoms with Gasteiger partial charge in [0.25, 0.3) is 0 Å². The van der Waals surface area contributed by atoms with E-state index in [0.29, 0.717) is 31.2 Å². The Kier molecular flexibility index (Phi) is 6.31. The van der Waals surface area contributed by atoms with E-state index in [1.807, 2.05) is 36.1 Å². The SMILES string of the molecule is Cc1ccc(-c2cnn(CCN3CCNCC3)c2)cc1S(=O)(=O)N1CCOCC1. The first kappa shape index (κ1) is 20.5. The van der Waals surface area contributed by atoms with Crippen molar-refractivity contribution in [3.63, 3.8) is 0 Å². The summed E-state index contributed by atoms with van der Waals surface area (Å²) in [5, 5.41) is 7.84. The molecule has 0 spiro atoms. The molecule has 0 bridgehead atoms. The zero-order valence-corrected chi connectivity index (χ0v) is 17.7. The molecule has 0 radical (unpaired) electrons. The van der Waals surface area contributed by atoms with Gasteiger partial charge in [-0.1, -0.05) is 12.1 Å². The molecule has 0 saturated carbocycles. The molecule has 2 aromatic rings. The summed E-state index contributed by atoms with van der Waals surface area (Å²) in [7, 11) is -3.53. The van der Waals surface area contributed by atoms with Crippen LogP contribution in [-0.2, 0) is 21.3 Å². The average molecular weight is 420 g/mol. The summed E-state index contributed by atoms with van der Waals surface area (Å²) in [5.41, 5.74) is 2.56. The lowest BCUT2D eigenvalue weighted by Crippen LogP contribution is -2.44. The predicted molar refractivity (Wildman–Crippen MR) is 111 cm³/mol. The third kappa shape index (κ3) is 4.70. The van der Waals surface area contributed by atoms with Crippen LogP contribution in [0.1, 0.15) is 5.56 Å². The lowest BCUT2D eigenvalue weighted by Gasteiger charge is -2.27. The van der Waals surface area contributed by atoms with Crippen LogP contribution in [0, 0.1) is 6.92 Å². The van der Waals surface area contributed by atoms with E-state index in [1.165, 1.54) is 4.31 Å². The highest BCUT2D eigenvalue weighted by molar-refractivity contribution is 7.89. The second-order valence-corrected chi connectivity index (χ2v) is 9.49. The van der Waals surface area contributed by atoms with E-state index in [-0.39, 0.29) is 0 Å². The van der Waals surface area contributed by atoms with Gasteiger partial charge in [0.1, 0.15) is 0 Å². The summed E-state index contributed by atoms with van der Waals surface area (Å²) in [4.78, 5) is 2.79. The van der Waals surface area contributed by atoms with Gasteiger partial charge in [0.2, 0.25) is 10.0 Å². The smallest absolute Gasteiger partial charge is 0.243 e. The van der Waals surface area contributed by atoms with E-state index in [9.17, 15) is 8.42 Å². The first-order valence-electron chi connectivity index (χ1n) is 10.2.